The van der Waals surface area contributed by atoms with Gasteiger partial charge in [-0.3, -0.25) is 14.6 Å². The topological polar surface area (TPSA) is 45.7 Å². The van der Waals surface area contributed by atoms with Crippen molar-refractivity contribution in [3.05, 3.63) is 77.3 Å². The number of hydrogen-bond acceptors (Lipinski definition) is 5. The van der Waals surface area contributed by atoms with Gasteiger partial charge in [0, 0.05) is 31.9 Å². The number of rotatable bonds is 6. The van der Waals surface area contributed by atoms with E-state index in [1.165, 1.54) is 22.5 Å². The van der Waals surface area contributed by atoms with Crippen LogP contribution in [0.4, 0.5) is 10.8 Å². The van der Waals surface area contributed by atoms with Crippen molar-refractivity contribution in [2.45, 2.75) is 19.9 Å². The smallest absolute Gasteiger partial charge is 0.230 e. The molecule has 30 heavy (non-hydrogen) atoms. The molecule has 0 aliphatic carbocycles. The Labute approximate surface area is 181 Å². The molecule has 2 heterocycles. The van der Waals surface area contributed by atoms with Crippen LogP contribution in [0.1, 0.15) is 24.6 Å². The van der Waals surface area contributed by atoms with Crippen molar-refractivity contribution in [1.29, 1.82) is 0 Å². The van der Waals surface area contributed by atoms with E-state index in [4.69, 9.17) is 9.72 Å². The van der Waals surface area contributed by atoms with E-state index >= 15 is 0 Å². The summed E-state index contributed by atoms with van der Waals surface area (Å²) in [7, 11) is 1.61. The third-order valence-corrected chi connectivity index (χ3v) is 6.07. The van der Waals surface area contributed by atoms with Crippen molar-refractivity contribution in [3.8, 4) is 5.75 Å². The Balaban J connectivity index is 1.47. The van der Waals surface area contributed by atoms with E-state index in [0.29, 0.717) is 16.6 Å². The monoisotopic (exact) mass is 419 g/mol. The van der Waals surface area contributed by atoms with Gasteiger partial charge in [0.2, 0.25) is 5.91 Å². The number of anilines is 2. The summed E-state index contributed by atoms with van der Waals surface area (Å²) in [5, 5.41) is 2.71. The van der Waals surface area contributed by atoms with Crippen molar-refractivity contribution in [3.63, 3.8) is 0 Å². The summed E-state index contributed by atoms with van der Waals surface area (Å²) in [5.74, 6) is 0.563. The predicted octanol–water partition coefficient (Wildman–Crippen LogP) is 5.13. The predicted molar refractivity (Wildman–Crippen MR) is 122 cm³/mol. The first-order valence-electron chi connectivity index (χ1n) is 10.0. The van der Waals surface area contributed by atoms with Crippen LogP contribution in [-0.2, 0) is 11.3 Å². The SMILES string of the molecule is COc1ccccc1N(C(C)=O)c1nc(CN2CC=C(c3ccccc3)CC2)cs1. The molecule has 1 aromatic heterocycles. The summed E-state index contributed by atoms with van der Waals surface area (Å²) >= 11 is 1.48. The number of para-hydroxylation sites is 2. The van der Waals surface area contributed by atoms with Crippen LogP contribution in [0.2, 0.25) is 0 Å². The highest BCUT2D eigenvalue weighted by molar-refractivity contribution is 7.14. The van der Waals surface area contributed by atoms with Crippen LogP contribution in [0.25, 0.3) is 5.57 Å². The molecule has 0 spiro atoms. The van der Waals surface area contributed by atoms with Gasteiger partial charge in [-0.1, -0.05) is 48.5 Å². The highest BCUT2D eigenvalue weighted by Crippen LogP contribution is 2.35. The molecular weight excluding hydrogens is 394 g/mol. The quantitative estimate of drug-likeness (QED) is 0.556. The van der Waals surface area contributed by atoms with Crippen LogP contribution in [-0.4, -0.2) is 36.0 Å². The van der Waals surface area contributed by atoms with Gasteiger partial charge in [-0.2, -0.15) is 0 Å². The van der Waals surface area contributed by atoms with Gasteiger partial charge in [-0.25, -0.2) is 4.98 Å². The van der Waals surface area contributed by atoms with Crippen molar-refractivity contribution in [1.82, 2.24) is 9.88 Å². The fourth-order valence-corrected chi connectivity index (χ4v) is 4.56. The molecule has 154 valence electrons. The number of hydrogen-bond donors (Lipinski definition) is 0. The molecule has 4 rings (SSSR count). The number of benzene rings is 2. The molecule has 5 nitrogen and oxygen atoms in total. The average molecular weight is 420 g/mol. The third-order valence-electron chi connectivity index (χ3n) is 5.20. The molecule has 1 amide bonds. The standard InChI is InChI=1S/C24H25N3O2S/c1-18(28)27(22-10-6-7-11-23(22)29-2)24-25-21(17-30-24)16-26-14-12-20(13-15-26)19-8-4-3-5-9-19/h3-12,17H,13-16H2,1-2H3. The Morgan fingerprint density at radius 3 is 2.63 bits per heavy atom. The summed E-state index contributed by atoms with van der Waals surface area (Å²) in [6, 6.07) is 18.1. The lowest BCUT2D eigenvalue weighted by Crippen LogP contribution is -2.28. The van der Waals surface area contributed by atoms with E-state index in [1.54, 1.807) is 18.9 Å². The molecule has 6 heteroatoms. The van der Waals surface area contributed by atoms with E-state index < -0.39 is 0 Å². The summed E-state index contributed by atoms with van der Waals surface area (Å²) in [4.78, 5) is 21.2. The second kappa shape index (κ2) is 9.24. The van der Waals surface area contributed by atoms with Crippen molar-refractivity contribution >= 4 is 33.6 Å². The lowest BCUT2D eigenvalue weighted by molar-refractivity contribution is -0.115. The molecule has 0 fully saturated rings. The second-order valence-electron chi connectivity index (χ2n) is 7.23. The number of thiazole rings is 1. The zero-order valence-corrected chi connectivity index (χ0v) is 18.1. The summed E-state index contributed by atoms with van der Waals surface area (Å²) in [6.45, 7) is 4.22. The average Bonchev–Trinajstić information content (AvgIpc) is 3.23. The zero-order valence-electron chi connectivity index (χ0n) is 17.2. The molecule has 0 saturated carbocycles. The highest BCUT2D eigenvalue weighted by atomic mass is 32.1. The molecule has 0 unspecified atom stereocenters. The van der Waals surface area contributed by atoms with E-state index in [1.807, 2.05) is 35.7 Å². The van der Waals surface area contributed by atoms with Crippen LogP contribution in [0.3, 0.4) is 0 Å². The number of aromatic nitrogens is 1. The van der Waals surface area contributed by atoms with Crippen LogP contribution in [0, 0.1) is 0 Å². The normalized spacial score (nSPS) is 14.3. The van der Waals surface area contributed by atoms with Crippen molar-refractivity contribution in [2.75, 3.05) is 25.1 Å². The van der Waals surface area contributed by atoms with Gasteiger partial charge in [-0.05, 0) is 29.7 Å². The Morgan fingerprint density at radius 2 is 1.93 bits per heavy atom. The van der Waals surface area contributed by atoms with Gasteiger partial charge in [0.25, 0.3) is 0 Å². The molecule has 0 radical (unpaired) electrons. The summed E-state index contributed by atoms with van der Waals surface area (Å²) in [5.41, 5.74) is 4.40. The number of nitrogens with zero attached hydrogens (tertiary/aromatic N) is 3. The van der Waals surface area contributed by atoms with Crippen molar-refractivity contribution in [2.24, 2.45) is 0 Å². The van der Waals surface area contributed by atoms with E-state index in [2.05, 4.69) is 35.2 Å². The number of methoxy groups -OCH3 is 1. The van der Waals surface area contributed by atoms with Crippen LogP contribution < -0.4 is 9.64 Å². The lowest BCUT2D eigenvalue weighted by atomic mass is 9.99. The molecule has 0 saturated heterocycles. The number of carbonyl (C=O) groups is 1. The van der Waals surface area contributed by atoms with Crippen LogP contribution in [0.5, 0.6) is 5.75 Å². The Morgan fingerprint density at radius 1 is 1.17 bits per heavy atom. The van der Waals surface area contributed by atoms with Gasteiger partial charge >= 0.3 is 0 Å². The molecule has 0 bridgehead atoms. The zero-order chi connectivity index (χ0) is 20.9. The maximum atomic E-state index is 12.4. The van der Waals surface area contributed by atoms with E-state index in [9.17, 15) is 4.79 Å². The van der Waals surface area contributed by atoms with E-state index in [0.717, 1.165) is 31.7 Å². The fraction of sp³-hybridized carbons (Fsp3) is 0.250. The number of amides is 1. The first-order chi connectivity index (χ1) is 14.7. The third kappa shape index (κ3) is 4.45. The molecule has 3 aromatic rings. The number of ether oxygens (including phenoxy) is 1. The Kier molecular flexibility index (Phi) is 6.26. The molecule has 0 atom stereocenters. The number of carbonyl (C=O) groups excluding carboxylic acids is 1. The maximum absolute atomic E-state index is 12.4. The molecule has 1 aliphatic heterocycles. The first kappa shape index (κ1) is 20.3. The Bertz CT molecular complexity index is 1050. The molecule has 2 aromatic carbocycles. The van der Waals surface area contributed by atoms with Crippen molar-refractivity contribution < 1.29 is 9.53 Å². The molecule has 0 N–H and O–H groups in total. The van der Waals surface area contributed by atoms with Gasteiger partial charge < -0.3 is 4.74 Å². The summed E-state index contributed by atoms with van der Waals surface area (Å²) in [6.07, 6.45) is 3.34. The van der Waals surface area contributed by atoms with E-state index in [-0.39, 0.29) is 5.91 Å². The maximum Gasteiger partial charge on any atom is 0.230 e. The fourth-order valence-electron chi connectivity index (χ4n) is 3.69. The lowest BCUT2D eigenvalue weighted by Gasteiger charge is -2.25. The minimum atomic E-state index is -0.0891. The molecule has 1 aliphatic rings. The Hall–Kier alpha value is -2.96. The van der Waals surface area contributed by atoms with Gasteiger partial charge in [0.1, 0.15) is 5.75 Å². The second-order valence-corrected chi connectivity index (χ2v) is 8.06. The highest BCUT2D eigenvalue weighted by Gasteiger charge is 2.22. The first-order valence-corrected chi connectivity index (χ1v) is 10.9. The largest absolute Gasteiger partial charge is 0.495 e. The van der Waals surface area contributed by atoms with Gasteiger partial charge in [0.05, 0.1) is 18.5 Å². The molecular formula is C24H25N3O2S. The van der Waals surface area contributed by atoms with Crippen LogP contribution >= 0.6 is 11.3 Å². The van der Waals surface area contributed by atoms with Gasteiger partial charge in [0.15, 0.2) is 5.13 Å². The minimum absolute atomic E-state index is 0.0891. The minimum Gasteiger partial charge on any atom is -0.495 e. The summed E-state index contributed by atoms with van der Waals surface area (Å²) < 4.78 is 5.44. The van der Waals surface area contributed by atoms with Gasteiger partial charge in [-0.15, -0.1) is 11.3 Å². The van der Waals surface area contributed by atoms with Crippen LogP contribution in [0.15, 0.2) is 66.1 Å².